The molecule has 0 saturated carbocycles. The fourth-order valence-corrected chi connectivity index (χ4v) is 3.46. The molecule has 0 fully saturated rings. The number of nitrogens with zero attached hydrogens (tertiary/aromatic N) is 3. The number of hydrogen-bond donors (Lipinski definition) is 1. The van der Waals surface area contributed by atoms with E-state index in [1.807, 2.05) is 30.3 Å². The molecule has 1 N–H and O–H groups in total. The molecule has 3 heterocycles. The second-order valence-electron chi connectivity index (χ2n) is 7.11. The fraction of sp³-hybridized carbons (Fsp3) is 0.273. The van der Waals surface area contributed by atoms with Gasteiger partial charge in [0.05, 0.1) is 24.2 Å². The van der Waals surface area contributed by atoms with Gasteiger partial charge in [0.2, 0.25) is 0 Å². The van der Waals surface area contributed by atoms with E-state index in [0.717, 1.165) is 35.7 Å². The zero-order chi connectivity index (χ0) is 19.5. The third-order valence-corrected chi connectivity index (χ3v) is 4.72. The highest BCUT2D eigenvalue weighted by Gasteiger charge is 2.12. The summed E-state index contributed by atoms with van der Waals surface area (Å²) in [6, 6.07) is 15.6. The molecule has 6 heteroatoms. The Balaban J connectivity index is 1.63. The molecule has 0 bridgehead atoms. The number of nitrogens with one attached hydrogen (secondary N) is 1. The monoisotopic (exact) mass is 376 g/mol. The zero-order valence-corrected chi connectivity index (χ0v) is 16.2. The molecule has 0 aliphatic rings. The number of H-pyrrole nitrogens is 1. The van der Waals surface area contributed by atoms with Crippen molar-refractivity contribution in [2.75, 3.05) is 6.54 Å². The quantitative estimate of drug-likeness (QED) is 0.529. The number of hydrogen-bond acceptors (Lipinski definition) is 4. The molecule has 1 aromatic carbocycles. The van der Waals surface area contributed by atoms with E-state index in [1.54, 1.807) is 12.3 Å². The summed E-state index contributed by atoms with van der Waals surface area (Å²) in [5.41, 5.74) is 4.38. The highest BCUT2D eigenvalue weighted by atomic mass is 16.3. The van der Waals surface area contributed by atoms with Gasteiger partial charge in [-0.25, -0.2) is 9.50 Å². The van der Waals surface area contributed by atoms with Crippen molar-refractivity contribution in [2.45, 2.75) is 33.4 Å². The largest absolute Gasteiger partial charge is 0.468 e. The second kappa shape index (κ2) is 7.86. The van der Waals surface area contributed by atoms with Gasteiger partial charge in [0, 0.05) is 18.7 Å². The minimum Gasteiger partial charge on any atom is -0.468 e. The second-order valence-corrected chi connectivity index (χ2v) is 7.11. The predicted octanol–water partition coefficient (Wildman–Crippen LogP) is 4.00. The van der Waals surface area contributed by atoms with Gasteiger partial charge in [0.15, 0.2) is 5.65 Å². The first-order valence-corrected chi connectivity index (χ1v) is 9.56. The number of benzene rings is 1. The molecule has 28 heavy (non-hydrogen) atoms. The third kappa shape index (κ3) is 3.92. The van der Waals surface area contributed by atoms with Gasteiger partial charge in [-0.1, -0.05) is 30.7 Å². The highest BCUT2D eigenvalue weighted by molar-refractivity contribution is 5.64. The minimum atomic E-state index is -0.103. The number of furan rings is 1. The van der Waals surface area contributed by atoms with Crippen molar-refractivity contribution in [1.29, 1.82) is 0 Å². The predicted molar refractivity (Wildman–Crippen MR) is 109 cm³/mol. The highest BCUT2D eigenvalue weighted by Crippen LogP contribution is 2.20. The summed E-state index contributed by atoms with van der Waals surface area (Å²) < 4.78 is 6.97. The van der Waals surface area contributed by atoms with Crippen LogP contribution in [0.15, 0.2) is 64.0 Å². The van der Waals surface area contributed by atoms with E-state index in [-0.39, 0.29) is 5.56 Å². The van der Waals surface area contributed by atoms with Crippen LogP contribution in [-0.2, 0) is 13.1 Å². The van der Waals surface area contributed by atoms with Crippen LogP contribution < -0.4 is 5.56 Å². The molecule has 0 unspecified atom stereocenters. The molecule has 0 spiro atoms. The normalized spacial score (nSPS) is 11.5. The molecule has 0 saturated heterocycles. The Kier molecular flexibility index (Phi) is 5.12. The van der Waals surface area contributed by atoms with E-state index in [0.29, 0.717) is 18.7 Å². The Morgan fingerprint density at radius 1 is 1.14 bits per heavy atom. The number of rotatable bonds is 7. The number of aromatic amines is 1. The van der Waals surface area contributed by atoms with Crippen molar-refractivity contribution in [1.82, 2.24) is 19.5 Å². The average molecular weight is 376 g/mol. The van der Waals surface area contributed by atoms with Crippen molar-refractivity contribution < 1.29 is 4.42 Å². The molecular formula is C22H24N4O2. The van der Waals surface area contributed by atoms with Crippen LogP contribution in [-0.4, -0.2) is 26.0 Å². The molecule has 144 valence electrons. The van der Waals surface area contributed by atoms with E-state index in [4.69, 9.17) is 9.40 Å². The summed E-state index contributed by atoms with van der Waals surface area (Å²) in [6.45, 7) is 6.40. The van der Waals surface area contributed by atoms with Gasteiger partial charge in [0.25, 0.3) is 5.56 Å². The topological polar surface area (TPSA) is 66.5 Å². The minimum absolute atomic E-state index is 0.103. The van der Waals surface area contributed by atoms with E-state index >= 15 is 0 Å². The Morgan fingerprint density at radius 3 is 2.79 bits per heavy atom. The Labute approximate surface area is 163 Å². The summed E-state index contributed by atoms with van der Waals surface area (Å²) in [5.74, 6) is 0.912. The molecule has 4 rings (SSSR count). The molecular weight excluding hydrogens is 352 g/mol. The molecule has 0 aliphatic carbocycles. The molecule has 0 atom stereocenters. The van der Waals surface area contributed by atoms with Crippen molar-refractivity contribution in [3.8, 4) is 11.3 Å². The van der Waals surface area contributed by atoms with Crippen molar-refractivity contribution in [3.05, 3.63) is 82.2 Å². The SMILES string of the molecule is CCCN(Cc1cc(=O)n2[nH]c(-c3cccc(C)c3)cc2n1)Cc1ccco1. The maximum Gasteiger partial charge on any atom is 0.272 e. The molecule has 4 aromatic rings. The van der Waals surface area contributed by atoms with E-state index in [1.165, 1.54) is 10.1 Å². The molecule has 3 aromatic heterocycles. The lowest BCUT2D eigenvalue weighted by atomic mass is 10.1. The van der Waals surface area contributed by atoms with Crippen molar-refractivity contribution in [2.24, 2.45) is 0 Å². The average Bonchev–Trinajstić information content (AvgIpc) is 3.32. The van der Waals surface area contributed by atoms with Crippen LogP contribution in [0, 0.1) is 6.92 Å². The van der Waals surface area contributed by atoms with Crippen LogP contribution >= 0.6 is 0 Å². The van der Waals surface area contributed by atoms with E-state index < -0.39 is 0 Å². The fourth-order valence-electron chi connectivity index (χ4n) is 3.46. The van der Waals surface area contributed by atoms with E-state index in [9.17, 15) is 4.79 Å². The number of aromatic nitrogens is 3. The third-order valence-electron chi connectivity index (χ3n) is 4.72. The standard InChI is InChI=1S/C22H24N4O2/c1-3-9-25(15-19-8-5-10-28-19)14-18-12-22(27)26-21(23-18)13-20(24-26)17-7-4-6-16(2)11-17/h4-8,10-13,24H,3,9,14-15H2,1-2H3. The smallest absolute Gasteiger partial charge is 0.272 e. The summed E-state index contributed by atoms with van der Waals surface area (Å²) in [7, 11) is 0. The number of aryl methyl sites for hydroxylation is 1. The first-order valence-electron chi connectivity index (χ1n) is 9.56. The van der Waals surface area contributed by atoms with Crippen LogP contribution in [0.5, 0.6) is 0 Å². The summed E-state index contributed by atoms with van der Waals surface area (Å²) in [4.78, 5) is 19.6. The molecule has 0 amide bonds. The van der Waals surface area contributed by atoms with E-state index in [2.05, 4.69) is 36.0 Å². The number of fused-ring (bicyclic) bond motifs is 1. The first kappa shape index (κ1) is 18.3. The Bertz CT molecular complexity index is 1130. The van der Waals surface area contributed by atoms with Crippen LogP contribution in [0.25, 0.3) is 16.9 Å². The van der Waals surface area contributed by atoms with Gasteiger partial charge >= 0.3 is 0 Å². The maximum absolute atomic E-state index is 12.6. The lowest BCUT2D eigenvalue weighted by Crippen LogP contribution is -2.25. The molecule has 0 aliphatic heterocycles. The summed E-state index contributed by atoms with van der Waals surface area (Å²) >= 11 is 0. The Hall–Kier alpha value is -3.12. The van der Waals surface area contributed by atoms with Crippen LogP contribution in [0.1, 0.15) is 30.4 Å². The van der Waals surface area contributed by atoms with Crippen molar-refractivity contribution >= 4 is 5.65 Å². The van der Waals surface area contributed by atoms with Gasteiger partial charge in [-0.05, 0) is 43.7 Å². The Morgan fingerprint density at radius 2 is 2.04 bits per heavy atom. The van der Waals surface area contributed by atoms with Crippen LogP contribution in [0.2, 0.25) is 0 Å². The molecule has 0 radical (unpaired) electrons. The lowest BCUT2D eigenvalue weighted by Gasteiger charge is -2.19. The van der Waals surface area contributed by atoms with Gasteiger partial charge in [-0.15, -0.1) is 0 Å². The first-order chi connectivity index (χ1) is 13.6. The van der Waals surface area contributed by atoms with Gasteiger partial charge in [-0.2, -0.15) is 0 Å². The van der Waals surface area contributed by atoms with Crippen molar-refractivity contribution in [3.63, 3.8) is 0 Å². The zero-order valence-electron chi connectivity index (χ0n) is 16.2. The van der Waals surface area contributed by atoms with Crippen LogP contribution in [0.4, 0.5) is 0 Å². The van der Waals surface area contributed by atoms with Gasteiger partial charge in [-0.3, -0.25) is 14.8 Å². The summed E-state index contributed by atoms with van der Waals surface area (Å²) in [6.07, 6.45) is 2.70. The lowest BCUT2D eigenvalue weighted by molar-refractivity contribution is 0.233. The van der Waals surface area contributed by atoms with Gasteiger partial charge < -0.3 is 4.42 Å². The van der Waals surface area contributed by atoms with Crippen LogP contribution in [0.3, 0.4) is 0 Å². The van der Waals surface area contributed by atoms with Gasteiger partial charge in [0.1, 0.15) is 5.76 Å². The maximum atomic E-state index is 12.6. The molecule has 6 nitrogen and oxygen atoms in total. The summed E-state index contributed by atoms with van der Waals surface area (Å²) in [5, 5.41) is 3.16.